The Balaban J connectivity index is 0.00000210. The third-order valence-electron chi connectivity index (χ3n) is 4.39. The first-order valence-electron chi connectivity index (χ1n) is 8.76. The Morgan fingerprint density at radius 2 is 1.89 bits per heavy atom. The lowest BCUT2D eigenvalue weighted by molar-refractivity contribution is -0.00136. The van der Waals surface area contributed by atoms with Crippen molar-refractivity contribution in [1.29, 1.82) is 0 Å². The third kappa shape index (κ3) is 4.47. The minimum Gasteiger partial charge on any atom is -0.488 e. The van der Waals surface area contributed by atoms with Gasteiger partial charge in [0.05, 0.1) is 18.3 Å². The van der Waals surface area contributed by atoms with Crippen molar-refractivity contribution in [2.24, 2.45) is 0 Å². The van der Waals surface area contributed by atoms with Gasteiger partial charge < -0.3 is 19.3 Å². The first kappa shape index (κ1) is 19.4. The third-order valence-corrected chi connectivity index (χ3v) is 4.39. The van der Waals surface area contributed by atoms with Crippen LogP contribution in [0.1, 0.15) is 24.4 Å². The van der Waals surface area contributed by atoms with Crippen molar-refractivity contribution in [1.82, 2.24) is 15.5 Å². The van der Waals surface area contributed by atoms with Crippen molar-refractivity contribution in [3.8, 4) is 17.1 Å². The van der Waals surface area contributed by atoms with Crippen LogP contribution in [0, 0.1) is 0 Å². The van der Waals surface area contributed by atoms with Crippen LogP contribution in [0.3, 0.4) is 0 Å². The summed E-state index contributed by atoms with van der Waals surface area (Å²) in [5.41, 5.74) is 1.91. The van der Waals surface area contributed by atoms with Gasteiger partial charge in [0.1, 0.15) is 18.4 Å². The quantitative estimate of drug-likeness (QED) is 0.718. The molecule has 2 atom stereocenters. The van der Waals surface area contributed by atoms with Crippen LogP contribution in [0.4, 0.5) is 0 Å². The van der Waals surface area contributed by atoms with Crippen LogP contribution in [-0.2, 0) is 11.3 Å². The highest BCUT2D eigenvalue weighted by Crippen LogP contribution is 2.30. The monoisotopic (exact) mass is 387 g/mol. The highest BCUT2D eigenvalue weighted by molar-refractivity contribution is 5.85. The summed E-state index contributed by atoms with van der Waals surface area (Å²) in [7, 11) is 0. The van der Waals surface area contributed by atoms with Crippen molar-refractivity contribution in [3.63, 3.8) is 0 Å². The van der Waals surface area contributed by atoms with Crippen LogP contribution in [0.25, 0.3) is 11.4 Å². The molecule has 2 aromatic carbocycles. The fraction of sp³-hybridized carbons (Fsp3) is 0.300. The predicted octanol–water partition coefficient (Wildman–Crippen LogP) is 3.79. The molecule has 0 spiro atoms. The fourth-order valence-electron chi connectivity index (χ4n) is 2.99. The number of hydrogen-bond acceptors (Lipinski definition) is 6. The number of nitrogens with one attached hydrogen (secondary N) is 1. The molecular weight excluding hydrogens is 366 g/mol. The van der Waals surface area contributed by atoms with Crippen molar-refractivity contribution in [2.45, 2.75) is 25.7 Å². The molecule has 1 N–H and O–H groups in total. The van der Waals surface area contributed by atoms with Gasteiger partial charge in [0.15, 0.2) is 0 Å². The van der Waals surface area contributed by atoms with Gasteiger partial charge in [0.2, 0.25) is 11.7 Å². The lowest BCUT2D eigenvalue weighted by Gasteiger charge is -2.27. The largest absolute Gasteiger partial charge is 0.488 e. The van der Waals surface area contributed by atoms with E-state index >= 15 is 0 Å². The van der Waals surface area contributed by atoms with Crippen LogP contribution in [0.5, 0.6) is 5.75 Å². The number of benzene rings is 2. The average molecular weight is 388 g/mol. The summed E-state index contributed by atoms with van der Waals surface area (Å²) in [6, 6.07) is 17.7. The molecule has 0 unspecified atom stereocenters. The summed E-state index contributed by atoms with van der Waals surface area (Å²) in [4.78, 5) is 4.57. The van der Waals surface area contributed by atoms with Crippen LogP contribution in [-0.4, -0.2) is 29.4 Å². The highest BCUT2D eigenvalue weighted by Gasteiger charge is 2.29. The van der Waals surface area contributed by atoms with E-state index in [2.05, 4.69) is 15.5 Å². The number of hydrogen-bond donors (Lipinski definition) is 1. The Morgan fingerprint density at radius 1 is 1.11 bits per heavy atom. The maximum atomic E-state index is 5.99. The molecule has 4 rings (SSSR count). The molecule has 0 radical (unpaired) electrons. The molecule has 142 valence electrons. The second-order valence-corrected chi connectivity index (χ2v) is 6.23. The first-order valence-corrected chi connectivity index (χ1v) is 8.76. The number of ether oxygens (including phenoxy) is 2. The maximum Gasteiger partial charge on any atom is 0.246 e. The molecule has 1 saturated heterocycles. The summed E-state index contributed by atoms with van der Waals surface area (Å²) < 4.78 is 17.1. The van der Waals surface area contributed by atoms with E-state index in [1.54, 1.807) is 0 Å². The number of morpholine rings is 1. The normalized spacial score (nSPS) is 19.3. The van der Waals surface area contributed by atoms with Gasteiger partial charge in [-0.1, -0.05) is 47.6 Å². The number of para-hydroxylation sites is 1. The Bertz CT molecular complexity index is 856. The van der Waals surface area contributed by atoms with Crippen LogP contribution in [0.15, 0.2) is 59.1 Å². The van der Waals surface area contributed by atoms with E-state index in [4.69, 9.17) is 14.0 Å². The number of nitrogens with zero attached hydrogens (tertiary/aromatic N) is 2. The molecule has 0 aliphatic carbocycles. The van der Waals surface area contributed by atoms with Gasteiger partial charge in [-0.2, -0.15) is 4.98 Å². The molecule has 1 aromatic heterocycles. The lowest BCUT2D eigenvalue weighted by Crippen LogP contribution is -2.40. The van der Waals surface area contributed by atoms with Gasteiger partial charge >= 0.3 is 0 Å². The standard InChI is InChI=1S/C20H21N3O3.ClH/c1-14-18(21-11-12-24-14)20-22-19(23-26-20)16-9-5-6-10-17(16)25-13-15-7-3-2-4-8-15;/h2-10,14,18,21H,11-13H2,1H3;1H/t14-,18+;/m1./s1. The fourth-order valence-corrected chi connectivity index (χ4v) is 2.99. The van der Waals surface area contributed by atoms with E-state index in [1.165, 1.54) is 0 Å². The summed E-state index contributed by atoms with van der Waals surface area (Å²) >= 11 is 0. The second kappa shape index (κ2) is 8.99. The Kier molecular flexibility index (Phi) is 6.45. The topological polar surface area (TPSA) is 69.4 Å². The Labute approximate surface area is 164 Å². The molecule has 0 amide bonds. The molecule has 1 aliphatic heterocycles. The van der Waals surface area contributed by atoms with Crippen molar-refractivity contribution >= 4 is 12.4 Å². The molecule has 1 aliphatic rings. The van der Waals surface area contributed by atoms with E-state index in [-0.39, 0.29) is 24.6 Å². The molecule has 6 nitrogen and oxygen atoms in total. The zero-order chi connectivity index (χ0) is 17.8. The summed E-state index contributed by atoms with van der Waals surface area (Å²) in [5.74, 6) is 1.78. The molecule has 1 fully saturated rings. The number of rotatable bonds is 5. The zero-order valence-electron chi connectivity index (χ0n) is 15.0. The molecule has 3 aromatic rings. The van der Waals surface area contributed by atoms with Crippen molar-refractivity contribution < 1.29 is 14.0 Å². The lowest BCUT2D eigenvalue weighted by atomic mass is 10.1. The minimum absolute atomic E-state index is 0. The number of aromatic nitrogens is 2. The Hall–Kier alpha value is -2.41. The van der Waals surface area contributed by atoms with Gasteiger partial charge in [0.25, 0.3) is 0 Å². The summed E-state index contributed by atoms with van der Waals surface area (Å²) in [6.07, 6.45) is -0.0124. The second-order valence-electron chi connectivity index (χ2n) is 6.23. The van der Waals surface area contributed by atoms with Crippen molar-refractivity contribution in [3.05, 3.63) is 66.1 Å². The van der Waals surface area contributed by atoms with E-state index < -0.39 is 0 Å². The van der Waals surface area contributed by atoms with Gasteiger partial charge in [-0.25, -0.2) is 0 Å². The average Bonchev–Trinajstić information content (AvgIpc) is 3.17. The zero-order valence-corrected chi connectivity index (χ0v) is 15.8. The highest BCUT2D eigenvalue weighted by atomic mass is 35.5. The molecule has 0 saturated carbocycles. The first-order chi connectivity index (χ1) is 12.8. The van der Waals surface area contributed by atoms with Gasteiger partial charge in [-0.15, -0.1) is 12.4 Å². The summed E-state index contributed by atoms with van der Waals surface area (Å²) in [6.45, 7) is 3.94. The Morgan fingerprint density at radius 3 is 2.70 bits per heavy atom. The molecule has 27 heavy (non-hydrogen) atoms. The van der Waals surface area contributed by atoms with Crippen molar-refractivity contribution in [2.75, 3.05) is 13.2 Å². The summed E-state index contributed by atoms with van der Waals surface area (Å²) in [5, 5.41) is 7.51. The van der Waals surface area contributed by atoms with E-state index in [0.29, 0.717) is 24.9 Å². The molecule has 2 heterocycles. The van der Waals surface area contributed by atoms with Gasteiger partial charge in [0, 0.05) is 6.54 Å². The molecular formula is C20H22ClN3O3. The van der Waals surface area contributed by atoms with E-state index in [9.17, 15) is 0 Å². The number of halogens is 1. The van der Waals surface area contributed by atoms with Gasteiger partial charge in [-0.05, 0) is 24.6 Å². The molecule has 7 heteroatoms. The predicted molar refractivity (Wildman–Crippen MR) is 104 cm³/mol. The van der Waals surface area contributed by atoms with E-state index in [0.717, 1.165) is 23.4 Å². The smallest absolute Gasteiger partial charge is 0.246 e. The van der Waals surface area contributed by atoms with Crippen LogP contribution in [0.2, 0.25) is 0 Å². The molecule has 0 bridgehead atoms. The van der Waals surface area contributed by atoms with Gasteiger partial charge in [-0.3, -0.25) is 0 Å². The SMILES string of the molecule is C[C@H]1OCCN[C@@H]1c1nc(-c2ccccc2OCc2ccccc2)no1.Cl. The van der Waals surface area contributed by atoms with E-state index in [1.807, 2.05) is 61.5 Å². The van der Waals surface area contributed by atoms with Crippen LogP contribution < -0.4 is 10.1 Å². The minimum atomic E-state index is -0.0950. The van der Waals surface area contributed by atoms with Crippen LogP contribution >= 0.6 is 12.4 Å². The maximum absolute atomic E-state index is 5.99.